The molecule has 1 fully saturated rings. The Balaban J connectivity index is 1.87. The highest BCUT2D eigenvalue weighted by Crippen LogP contribution is 2.53. The van der Waals surface area contributed by atoms with Crippen molar-refractivity contribution in [1.29, 1.82) is 0 Å². The molecular weight excluding hydrogens is 316 g/mol. The Bertz CT molecular complexity index is 794. The first-order valence-electron chi connectivity index (χ1n) is 8.21. The van der Waals surface area contributed by atoms with Crippen LogP contribution in [0.5, 0.6) is 0 Å². The molecule has 3 aliphatic carbocycles. The minimum absolute atomic E-state index is 0.0670. The molecule has 0 bridgehead atoms. The summed E-state index contributed by atoms with van der Waals surface area (Å²) in [4.78, 5) is 0. The van der Waals surface area contributed by atoms with E-state index in [1.165, 1.54) is 22.3 Å². The second kappa shape index (κ2) is 6.51. The Hall–Kier alpha value is -1.95. The number of alkyl halides is 1. The number of rotatable bonds is 4. The van der Waals surface area contributed by atoms with E-state index >= 15 is 0 Å². The molecule has 1 nitrogen and oxygen atoms in total. The summed E-state index contributed by atoms with van der Waals surface area (Å²) in [5.74, 6) is 1.23. The van der Waals surface area contributed by atoms with Gasteiger partial charge in [-0.1, -0.05) is 37.8 Å². The molecular formula is C22H23ClO. The number of halogens is 1. The molecule has 124 valence electrons. The molecule has 3 rings (SSSR count). The second-order valence-corrected chi connectivity index (χ2v) is 7.10. The molecule has 0 saturated heterocycles. The summed E-state index contributed by atoms with van der Waals surface area (Å²) in [6.45, 7) is 10.8. The van der Waals surface area contributed by atoms with Gasteiger partial charge in [-0.3, -0.25) is 0 Å². The smallest absolute Gasteiger partial charge is 0.124 e. The first-order chi connectivity index (χ1) is 11.5. The summed E-state index contributed by atoms with van der Waals surface area (Å²) in [6, 6.07) is 0. The number of hydrogen-bond acceptors (Lipinski definition) is 1. The lowest BCUT2D eigenvalue weighted by atomic mass is 9.74. The van der Waals surface area contributed by atoms with Gasteiger partial charge < -0.3 is 4.74 Å². The van der Waals surface area contributed by atoms with E-state index in [4.69, 9.17) is 16.3 Å². The average molecular weight is 339 g/mol. The Morgan fingerprint density at radius 2 is 2.04 bits per heavy atom. The van der Waals surface area contributed by atoms with Crippen molar-refractivity contribution in [1.82, 2.24) is 0 Å². The third kappa shape index (κ3) is 2.90. The SMILES string of the molecule is C=C1CC(=C)C2(C)CC=C(CC3=CC(OC)=C(CCl)C=C=C3)C=C12. The van der Waals surface area contributed by atoms with Gasteiger partial charge in [-0.25, -0.2) is 0 Å². The van der Waals surface area contributed by atoms with E-state index in [1.54, 1.807) is 7.11 Å². The zero-order valence-electron chi connectivity index (χ0n) is 14.4. The molecule has 0 heterocycles. The Morgan fingerprint density at radius 1 is 1.25 bits per heavy atom. The quantitative estimate of drug-likeness (QED) is 0.350. The van der Waals surface area contributed by atoms with E-state index in [0.717, 1.165) is 36.2 Å². The van der Waals surface area contributed by atoms with Gasteiger partial charge >= 0.3 is 0 Å². The molecule has 0 aromatic rings. The van der Waals surface area contributed by atoms with E-state index in [9.17, 15) is 0 Å². The van der Waals surface area contributed by atoms with Crippen LogP contribution in [0, 0.1) is 5.41 Å². The first-order valence-corrected chi connectivity index (χ1v) is 8.75. The van der Waals surface area contributed by atoms with Gasteiger partial charge in [0.15, 0.2) is 0 Å². The summed E-state index contributed by atoms with van der Waals surface area (Å²) in [7, 11) is 1.68. The third-order valence-electron chi connectivity index (χ3n) is 5.22. The monoisotopic (exact) mass is 338 g/mol. The zero-order chi connectivity index (χ0) is 17.3. The molecule has 1 unspecified atom stereocenters. The Kier molecular flexibility index (Phi) is 4.58. The highest BCUT2D eigenvalue weighted by Gasteiger charge is 2.40. The van der Waals surface area contributed by atoms with Gasteiger partial charge in [0, 0.05) is 11.0 Å². The van der Waals surface area contributed by atoms with E-state index in [2.05, 4.69) is 44.0 Å². The third-order valence-corrected chi connectivity index (χ3v) is 5.50. The molecule has 0 radical (unpaired) electrons. The number of methoxy groups -OCH3 is 1. The molecule has 2 heteroatoms. The van der Waals surface area contributed by atoms with Crippen LogP contribution in [0.25, 0.3) is 0 Å². The molecule has 24 heavy (non-hydrogen) atoms. The number of ether oxygens (including phenoxy) is 1. The van der Waals surface area contributed by atoms with Gasteiger partial charge in [-0.15, -0.1) is 17.3 Å². The van der Waals surface area contributed by atoms with Gasteiger partial charge in [-0.05, 0) is 59.8 Å². The molecule has 1 atom stereocenters. The molecule has 3 aliphatic rings. The van der Waals surface area contributed by atoms with E-state index in [-0.39, 0.29) is 5.41 Å². The van der Waals surface area contributed by atoms with Crippen LogP contribution in [-0.4, -0.2) is 13.0 Å². The lowest BCUT2D eigenvalue weighted by Crippen LogP contribution is -2.18. The van der Waals surface area contributed by atoms with E-state index < -0.39 is 0 Å². The van der Waals surface area contributed by atoms with E-state index in [0.29, 0.717) is 5.88 Å². The second-order valence-electron chi connectivity index (χ2n) is 6.84. The minimum atomic E-state index is 0.0670. The van der Waals surface area contributed by atoms with Crippen molar-refractivity contribution < 1.29 is 4.74 Å². The van der Waals surface area contributed by atoms with Crippen LogP contribution in [0.4, 0.5) is 0 Å². The maximum Gasteiger partial charge on any atom is 0.124 e. The number of hydrogen-bond donors (Lipinski definition) is 0. The van der Waals surface area contributed by atoms with Crippen LogP contribution < -0.4 is 0 Å². The number of allylic oxidation sites excluding steroid dienone is 10. The topological polar surface area (TPSA) is 9.23 Å². The first kappa shape index (κ1) is 16.9. The zero-order valence-corrected chi connectivity index (χ0v) is 15.2. The van der Waals surface area contributed by atoms with Gasteiger partial charge in [0.25, 0.3) is 0 Å². The maximum absolute atomic E-state index is 5.98. The minimum Gasteiger partial charge on any atom is -0.496 e. The fourth-order valence-corrected chi connectivity index (χ4v) is 3.81. The highest BCUT2D eigenvalue weighted by atomic mass is 35.5. The van der Waals surface area contributed by atoms with Crippen molar-refractivity contribution in [3.63, 3.8) is 0 Å². The Morgan fingerprint density at radius 3 is 2.75 bits per heavy atom. The molecule has 0 spiro atoms. The van der Waals surface area contributed by atoms with Crippen LogP contribution in [-0.2, 0) is 4.74 Å². The number of fused-ring (bicyclic) bond motifs is 1. The van der Waals surface area contributed by atoms with Crippen molar-refractivity contribution in [2.45, 2.75) is 26.2 Å². The predicted octanol–water partition coefficient (Wildman–Crippen LogP) is 5.95. The fraction of sp³-hybridized carbons (Fsp3) is 0.318. The van der Waals surface area contributed by atoms with Gasteiger partial charge in [0.05, 0.1) is 13.0 Å². The highest BCUT2D eigenvalue weighted by molar-refractivity contribution is 6.19. The molecule has 0 aromatic heterocycles. The lowest BCUT2D eigenvalue weighted by molar-refractivity contribution is 0.303. The van der Waals surface area contributed by atoms with Crippen molar-refractivity contribution in [3.8, 4) is 0 Å². The van der Waals surface area contributed by atoms with Crippen LogP contribution in [0.3, 0.4) is 0 Å². The van der Waals surface area contributed by atoms with Gasteiger partial charge in [-0.2, -0.15) is 0 Å². The van der Waals surface area contributed by atoms with Crippen molar-refractivity contribution in [3.05, 3.63) is 88.5 Å². The van der Waals surface area contributed by atoms with Crippen molar-refractivity contribution >= 4 is 11.6 Å². The fourth-order valence-electron chi connectivity index (χ4n) is 3.60. The molecule has 0 N–H and O–H groups in total. The molecule has 1 saturated carbocycles. The molecule has 0 amide bonds. The van der Waals surface area contributed by atoms with Crippen molar-refractivity contribution in [2.24, 2.45) is 5.41 Å². The average Bonchev–Trinajstić information content (AvgIpc) is 2.72. The maximum atomic E-state index is 5.98. The van der Waals surface area contributed by atoms with Crippen LogP contribution in [0.2, 0.25) is 0 Å². The van der Waals surface area contributed by atoms with E-state index in [1.807, 2.05) is 12.2 Å². The van der Waals surface area contributed by atoms with Crippen LogP contribution in [0.15, 0.2) is 88.5 Å². The van der Waals surface area contributed by atoms with Crippen LogP contribution >= 0.6 is 11.6 Å². The largest absolute Gasteiger partial charge is 0.496 e. The van der Waals surface area contributed by atoms with Gasteiger partial charge in [0.2, 0.25) is 0 Å². The van der Waals surface area contributed by atoms with Gasteiger partial charge in [0.1, 0.15) is 5.76 Å². The Labute approximate surface area is 149 Å². The van der Waals surface area contributed by atoms with Crippen LogP contribution in [0.1, 0.15) is 26.2 Å². The summed E-state index contributed by atoms with van der Waals surface area (Å²) < 4.78 is 5.48. The predicted molar refractivity (Wildman–Crippen MR) is 102 cm³/mol. The summed E-state index contributed by atoms with van der Waals surface area (Å²) in [6.07, 6.45) is 13.4. The standard InChI is InChI=1S/C22H23ClO/c1-15-10-16(2)22(3)9-8-18(12-20(15)22)11-17-6-5-7-19(14-23)21(13-17)24-4/h6-8,12-13H,1-2,9-11,14H2,3-4H3. The summed E-state index contributed by atoms with van der Waals surface area (Å²) in [5, 5.41) is 0. The van der Waals surface area contributed by atoms with Crippen molar-refractivity contribution in [2.75, 3.05) is 13.0 Å². The summed E-state index contributed by atoms with van der Waals surface area (Å²) >= 11 is 5.98. The lowest BCUT2D eigenvalue weighted by Gasteiger charge is -2.30. The summed E-state index contributed by atoms with van der Waals surface area (Å²) in [5.41, 5.74) is 10.5. The molecule has 0 aromatic carbocycles. The molecule has 0 aliphatic heterocycles. The normalized spacial score (nSPS) is 26.0.